The monoisotopic (exact) mass is 286 g/mol. The molecule has 0 bridgehead atoms. The lowest BCUT2D eigenvalue weighted by atomic mass is 10.1. The van der Waals surface area contributed by atoms with Crippen LogP contribution in [0.1, 0.15) is 31.0 Å². The highest BCUT2D eigenvalue weighted by Gasteiger charge is 2.11. The molecule has 2 aromatic carbocycles. The Labute approximate surface area is 124 Å². The number of amides is 1. The summed E-state index contributed by atoms with van der Waals surface area (Å²) in [4.78, 5) is 11.1. The van der Waals surface area contributed by atoms with Gasteiger partial charge in [0.2, 0.25) is 5.91 Å². The molecule has 110 valence electrons. The van der Waals surface area contributed by atoms with E-state index in [9.17, 15) is 9.18 Å². The van der Waals surface area contributed by atoms with Gasteiger partial charge < -0.3 is 10.6 Å². The maximum Gasteiger partial charge on any atom is 0.221 e. The van der Waals surface area contributed by atoms with Gasteiger partial charge >= 0.3 is 0 Å². The van der Waals surface area contributed by atoms with Gasteiger partial charge in [-0.3, -0.25) is 4.79 Å². The molecule has 3 nitrogen and oxygen atoms in total. The van der Waals surface area contributed by atoms with Crippen molar-refractivity contribution >= 4 is 17.3 Å². The number of nitrogens with one attached hydrogen (secondary N) is 2. The van der Waals surface area contributed by atoms with E-state index < -0.39 is 0 Å². The van der Waals surface area contributed by atoms with Gasteiger partial charge in [-0.15, -0.1) is 0 Å². The van der Waals surface area contributed by atoms with Gasteiger partial charge in [0.25, 0.3) is 0 Å². The smallest absolute Gasteiger partial charge is 0.221 e. The van der Waals surface area contributed by atoms with Gasteiger partial charge in [0.05, 0.1) is 5.69 Å². The molecule has 2 rings (SSSR count). The topological polar surface area (TPSA) is 41.1 Å². The minimum absolute atomic E-state index is 0.0747. The number of benzene rings is 2. The van der Waals surface area contributed by atoms with Gasteiger partial charge in [-0.2, -0.15) is 0 Å². The van der Waals surface area contributed by atoms with E-state index in [4.69, 9.17) is 0 Å². The van der Waals surface area contributed by atoms with Crippen LogP contribution in [-0.4, -0.2) is 5.91 Å². The van der Waals surface area contributed by atoms with Crippen molar-refractivity contribution in [1.29, 1.82) is 0 Å². The maximum atomic E-state index is 13.9. The second kappa shape index (κ2) is 6.39. The first-order valence-electron chi connectivity index (χ1n) is 6.86. The molecule has 1 amide bonds. The molecule has 4 heteroatoms. The average Bonchev–Trinajstić information content (AvgIpc) is 2.42. The highest BCUT2D eigenvalue weighted by atomic mass is 19.1. The second-order valence-electron chi connectivity index (χ2n) is 5.10. The second-order valence-corrected chi connectivity index (χ2v) is 5.10. The minimum Gasteiger partial charge on any atom is -0.376 e. The number of carbonyl (C=O) groups is 1. The van der Waals surface area contributed by atoms with Crippen molar-refractivity contribution in [1.82, 2.24) is 0 Å². The Morgan fingerprint density at radius 1 is 1.19 bits per heavy atom. The molecule has 0 aliphatic rings. The van der Waals surface area contributed by atoms with Crippen LogP contribution in [0.2, 0.25) is 0 Å². The van der Waals surface area contributed by atoms with E-state index >= 15 is 0 Å². The lowest BCUT2D eigenvalue weighted by Gasteiger charge is -2.18. The van der Waals surface area contributed by atoms with E-state index in [1.165, 1.54) is 13.0 Å². The highest BCUT2D eigenvalue weighted by Crippen LogP contribution is 2.26. The molecule has 0 aromatic heterocycles. The van der Waals surface area contributed by atoms with E-state index in [1.54, 1.807) is 6.07 Å². The maximum absolute atomic E-state index is 13.9. The SMILES string of the molecule is CC(=O)Nc1cccc(C(C)Nc2c(C)cccc2F)c1. The predicted molar refractivity (Wildman–Crippen MR) is 83.9 cm³/mol. The van der Waals surface area contributed by atoms with Gasteiger partial charge in [0.15, 0.2) is 0 Å². The highest BCUT2D eigenvalue weighted by molar-refractivity contribution is 5.88. The van der Waals surface area contributed by atoms with Crippen LogP contribution in [0.25, 0.3) is 0 Å². The van der Waals surface area contributed by atoms with E-state index in [0.717, 1.165) is 16.8 Å². The molecule has 0 heterocycles. The zero-order valence-corrected chi connectivity index (χ0v) is 12.4. The van der Waals surface area contributed by atoms with E-state index in [0.29, 0.717) is 5.69 Å². The Balaban J connectivity index is 2.20. The zero-order valence-electron chi connectivity index (χ0n) is 12.4. The van der Waals surface area contributed by atoms with Crippen molar-refractivity contribution < 1.29 is 9.18 Å². The summed E-state index contributed by atoms with van der Waals surface area (Å²) in [5, 5.41) is 5.93. The Bertz CT molecular complexity index is 635. The van der Waals surface area contributed by atoms with Crippen LogP contribution in [0.4, 0.5) is 15.8 Å². The summed E-state index contributed by atoms with van der Waals surface area (Å²) in [5.41, 5.74) is 3.08. The average molecular weight is 286 g/mol. The summed E-state index contributed by atoms with van der Waals surface area (Å²) in [6, 6.07) is 12.4. The summed E-state index contributed by atoms with van der Waals surface area (Å²) >= 11 is 0. The molecule has 1 unspecified atom stereocenters. The number of halogens is 1. The van der Waals surface area contributed by atoms with Crippen LogP contribution >= 0.6 is 0 Å². The molecule has 0 saturated carbocycles. The number of hydrogen-bond donors (Lipinski definition) is 2. The Hall–Kier alpha value is -2.36. The van der Waals surface area contributed by atoms with Crippen LogP contribution in [0, 0.1) is 12.7 Å². The number of carbonyl (C=O) groups excluding carboxylic acids is 1. The molecular weight excluding hydrogens is 267 g/mol. The fourth-order valence-corrected chi connectivity index (χ4v) is 2.20. The first-order chi connectivity index (χ1) is 9.97. The summed E-state index contributed by atoms with van der Waals surface area (Å²) in [5.74, 6) is -0.377. The van der Waals surface area contributed by atoms with E-state index in [-0.39, 0.29) is 17.8 Å². The van der Waals surface area contributed by atoms with Crippen LogP contribution < -0.4 is 10.6 Å². The lowest BCUT2D eigenvalue weighted by molar-refractivity contribution is -0.114. The summed E-state index contributed by atoms with van der Waals surface area (Å²) in [6.07, 6.45) is 0. The molecule has 1 atom stereocenters. The fraction of sp³-hybridized carbons (Fsp3) is 0.235. The summed E-state index contributed by atoms with van der Waals surface area (Å²) < 4.78 is 13.9. The normalized spacial score (nSPS) is 11.8. The molecule has 2 N–H and O–H groups in total. The van der Waals surface area contributed by atoms with Gasteiger partial charge in [-0.25, -0.2) is 4.39 Å². The van der Waals surface area contributed by atoms with Crippen LogP contribution in [0.15, 0.2) is 42.5 Å². The van der Waals surface area contributed by atoms with E-state index in [1.807, 2.05) is 44.2 Å². The fourth-order valence-electron chi connectivity index (χ4n) is 2.20. The Morgan fingerprint density at radius 2 is 1.90 bits per heavy atom. The third-order valence-electron chi connectivity index (χ3n) is 3.29. The molecule has 0 fully saturated rings. The first kappa shape index (κ1) is 15.0. The van der Waals surface area contributed by atoms with Gasteiger partial charge in [0.1, 0.15) is 5.82 Å². The van der Waals surface area contributed by atoms with Crippen molar-refractivity contribution in [2.45, 2.75) is 26.8 Å². The van der Waals surface area contributed by atoms with Crippen molar-refractivity contribution in [2.24, 2.45) is 0 Å². The molecule has 21 heavy (non-hydrogen) atoms. The van der Waals surface area contributed by atoms with Gasteiger partial charge in [-0.1, -0.05) is 24.3 Å². The van der Waals surface area contributed by atoms with Crippen LogP contribution in [0.3, 0.4) is 0 Å². The van der Waals surface area contributed by atoms with Gasteiger partial charge in [0, 0.05) is 18.7 Å². The van der Waals surface area contributed by atoms with Crippen molar-refractivity contribution in [3.05, 3.63) is 59.4 Å². The number of aryl methyl sites for hydroxylation is 1. The van der Waals surface area contributed by atoms with E-state index in [2.05, 4.69) is 10.6 Å². The Kier molecular flexibility index (Phi) is 4.58. The number of hydrogen-bond acceptors (Lipinski definition) is 2. The quantitative estimate of drug-likeness (QED) is 0.881. The third-order valence-corrected chi connectivity index (χ3v) is 3.29. The van der Waals surface area contributed by atoms with Crippen LogP contribution in [0.5, 0.6) is 0 Å². The lowest BCUT2D eigenvalue weighted by Crippen LogP contribution is -2.11. The van der Waals surface area contributed by atoms with Crippen LogP contribution in [-0.2, 0) is 4.79 Å². The number of para-hydroxylation sites is 1. The van der Waals surface area contributed by atoms with Crippen molar-refractivity contribution in [3.8, 4) is 0 Å². The zero-order chi connectivity index (χ0) is 15.4. The largest absolute Gasteiger partial charge is 0.376 e. The molecule has 0 aliphatic carbocycles. The van der Waals surface area contributed by atoms with Crippen molar-refractivity contribution in [3.63, 3.8) is 0 Å². The number of anilines is 2. The molecule has 0 aliphatic heterocycles. The standard InChI is InChI=1S/C17H19FN2O/c1-11-6-4-9-16(18)17(11)19-12(2)14-7-5-8-15(10-14)20-13(3)21/h4-10,12,19H,1-3H3,(H,20,21). The first-order valence-corrected chi connectivity index (χ1v) is 6.86. The molecule has 0 spiro atoms. The molecule has 2 aromatic rings. The molecular formula is C17H19FN2O. The molecule has 0 radical (unpaired) electrons. The minimum atomic E-state index is -0.264. The number of rotatable bonds is 4. The summed E-state index contributed by atoms with van der Waals surface area (Å²) in [7, 11) is 0. The third kappa shape index (κ3) is 3.81. The van der Waals surface area contributed by atoms with Crippen molar-refractivity contribution in [2.75, 3.05) is 10.6 Å². The van der Waals surface area contributed by atoms with Gasteiger partial charge in [-0.05, 0) is 43.2 Å². The summed E-state index contributed by atoms with van der Waals surface area (Å²) in [6.45, 7) is 5.29. The molecule has 0 saturated heterocycles. The predicted octanol–water partition coefficient (Wildman–Crippen LogP) is 4.27. The Morgan fingerprint density at radius 3 is 2.57 bits per heavy atom.